The zero-order valence-corrected chi connectivity index (χ0v) is 29.7. The van der Waals surface area contributed by atoms with Crippen molar-refractivity contribution in [1.82, 2.24) is 4.90 Å². The highest BCUT2D eigenvalue weighted by molar-refractivity contribution is 6.00. The van der Waals surface area contributed by atoms with Crippen molar-refractivity contribution in [3.8, 4) is 0 Å². The molecule has 3 saturated heterocycles. The summed E-state index contributed by atoms with van der Waals surface area (Å²) >= 11 is 0. The number of likely N-dealkylation sites (N-methyl/N-ethyl adjacent to an activating group) is 1. The van der Waals surface area contributed by atoms with E-state index in [2.05, 4.69) is 11.6 Å². The molecule has 3 rings (SSSR count). The zero-order valence-electron chi connectivity index (χ0n) is 29.7. The number of aliphatic hydroxyl groups excluding tert-OH is 1. The van der Waals surface area contributed by atoms with Crippen LogP contribution in [-0.2, 0) is 33.3 Å². The number of ketones is 1. The minimum atomic E-state index is -1.78. The van der Waals surface area contributed by atoms with Gasteiger partial charge in [0.15, 0.2) is 12.1 Å². The second-order valence-electron chi connectivity index (χ2n) is 14.5. The van der Waals surface area contributed by atoms with E-state index < -0.39 is 83.4 Å². The monoisotopic (exact) mass is 667 g/mol. The fourth-order valence-electron chi connectivity index (χ4n) is 7.54. The van der Waals surface area contributed by atoms with Gasteiger partial charge >= 0.3 is 12.0 Å². The van der Waals surface area contributed by atoms with Crippen molar-refractivity contribution >= 4 is 23.5 Å². The maximum Gasteiger partial charge on any atom is 0.338 e. The fourth-order valence-corrected chi connectivity index (χ4v) is 7.54. The molecule has 0 aliphatic carbocycles. The molecule has 5 unspecified atom stereocenters. The Balaban J connectivity index is 2.29. The van der Waals surface area contributed by atoms with Crippen molar-refractivity contribution in [3.63, 3.8) is 0 Å². The number of nitrogens with zero attached hydrogens (tertiary/aromatic N) is 2. The van der Waals surface area contributed by atoms with Crippen molar-refractivity contribution in [2.45, 2.75) is 129 Å². The Kier molecular flexibility index (Phi) is 12.9. The van der Waals surface area contributed by atoms with E-state index in [-0.39, 0.29) is 38.2 Å². The van der Waals surface area contributed by atoms with Gasteiger partial charge in [-0.2, -0.15) is 0 Å². The van der Waals surface area contributed by atoms with Gasteiger partial charge < -0.3 is 44.5 Å². The van der Waals surface area contributed by atoms with E-state index in [9.17, 15) is 24.6 Å². The Bertz CT molecular complexity index is 1190. The van der Waals surface area contributed by atoms with E-state index in [1.807, 2.05) is 32.8 Å². The number of aliphatic hydroxyl groups is 2. The molecule has 268 valence electrons. The molecule has 47 heavy (non-hydrogen) atoms. The molecule has 13 atom stereocenters. The molecule has 0 aromatic heterocycles. The lowest BCUT2D eigenvalue weighted by Crippen LogP contribution is -2.60. The van der Waals surface area contributed by atoms with E-state index in [1.54, 1.807) is 27.7 Å². The van der Waals surface area contributed by atoms with Crippen LogP contribution >= 0.6 is 0 Å². The summed E-state index contributed by atoms with van der Waals surface area (Å²) in [5.41, 5.74) is 3.41. The molecule has 3 heterocycles. The van der Waals surface area contributed by atoms with Crippen molar-refractivity contribution in [3.05, 3.63) is 12.2 Å². The molecule has 0 radical (unpaired) electrons. The molecule has 2 amide bonds. The number of fused-ring (bicyclic) bond motifs is 5. The molecule has 3 fully saturated rings. The molecule has 0 aromatic carbocycles. The molecule has 2 bridgehead atoms. The fraction of sp³-hybridized carbons (Fsp3) is 0.824. The number of ether oxygens (including phenoxy) is 5. The van der Waals surface area contributed by atoms with E-state index in [0.717, 1.165) is 0 Å². The maximum absolute atomic E-state index is 14.2. The molecular formula is C34H57N3O10. The smallest absolute Gasteiger partial charge is 0.338 e. The van der Waals surface area contributed by atoms with Crippen molar-refractivity contribution < 1.29 is 48.3 Å². The number of aliphatic imine (C=N–C) groups is 1. The summed E-state index contributed by atoms with van der Waals surface area (Å²) in [4.78, 5) is 46.2. The number of urea groups is 1. The summed E-state index contributed by atoms with van der Waals surface area (Å²) in [7, 11) is 3.73. The number of carbonyl (C=O) groups is 3. The second-order valence-corrected chi connectivity index (χ2v) is 14.5. The third-order valence-corrected chi connectivity index (χ3v) is 10.1. The van der Waals surface area contributed by atoms with E-state index in [0.29, 0.717) is 17.7 Å². The Morgan fingerprint density at radius 1 is 1.13 bits per heavy atom. The van der Waals surface area contributed by atoms with Gasteiger partial charge in [0.2, 0.25) is 0 Å². The van der Waals surface area contributed by atoms with Crippen LogP contribution in [0.25, 0.3) is 0 Å². The maximum atomic E-state index is 14.2. The molecule has 4 N–H and O–H groups in total. The average Bonchev–Trinajstić information content (AvgIpc) is 3.00. The van der Waals surface area contributed by atoms with Gasteiger partial charge in [-0.3, -0.25) is 9.59 Å². The van der Waals surface area contributed by atoms with Gasteiger partial charge in [0.25, 0.3) is 0 Å². The number of nitrogens with two attached hydrogens (primary N) is 1. The number of rotatable bonds is 4. The van der Waals surface area contributed by atoms with Gasteiger partial charge in [-0.1, -0.05) is 34.3 Å². The Labute approximate surface area is 279 Å². The lowest BCUT2D eigenvalue weighted by Gasteiger charge is -2.47. The third-order valence-electron chi connectivity index (χ3n) is 10.1. The third kappa shape index (κ3) is 8.67. The van der Waals surface area contributed by atoms with Crippen LogP contribution in [0.15, 0.2) is 17.1 Å². The average molecular weight is 668 g/mol. The van der Waals surface area contributed by atoms with Crippen molar-refractivity contribution in [1.29, 1.82) is 0 Å². The molecule has 3 aliphatic heterocycles. The highest BCUT2D eigenvalue weighted by Crippen LogP contribution is 2.40. The summed E-state index contributed by atoms with van der Waals surface area (Å²) in [6.45, 7) is 17.8. The first-order chi connectivity index (χ1) is 21.7. The number of carbonyl (C=O) groups excluding carboxylic acids is 3. The Hall–Kier alpha value is -2.26. The van der Waals surface area contributed by atoms with Crippen molar-refractivity contribution in [2.24, 2.45) is 34.4 Å². The first-order valence-corrected chi connectivity index (χ1v) is 16.7. The molecule has 0 aromatic rings. The van der Waals surface area contributed by atoms with Gasteiger partial charge in [-0.25, -0.2) is 9.79 Å². The topological polar surface area (TPSA) is 179 Å². The standard InChI is InChI=1S/C34H57N3O10/c1-12-24-34(9,42)29-20(5)25(36-32(35)41)18(3)14-33(8,44-16-17(2)15-43-29)28(21(6)26(38)22(7)30(40)46-24)47-31-27(39)23(37(10)11)13-19(4)45-31/h18-24,27-29,31,39,42H,2,12-16H2,1,3-11H3,(H2,35,41)/b36-25-/t18?,19-,20?,21+,22-,23+,24+,27?,28?,29?,31+,33-,34-/m1/s1. The molecule has 0 saturated carbocycles. The Morgan fingerprint density at radius 3 is 2.34 bits per heavy atom. The number of cyclic esters (lactones) is 1. The number of amides is 2. The Morgan fingerprint density at radius 2 is 1.77 bits per heavy atom. The lowest BCUT2D eigenvalue weighted by atomic mass is 9.73. The van der Waals surface area contributed by atoms with Crippen LogP contribution < -0.4 is 5.73 Å². The summed E-state index contributed by atoms with van der Waals surface area (Å²) < 4.78 is 31.6. The summed E-state index contributed by atoms with van der Waals surface area (Å²) in [5.74, 6) is -4.69. The second kappa shape index (κ2) is 15.5. The largest absolute Gasteiger partial charge is 0.459 e. The first kappa shape index (κ1) is 39.2. The number of primary amides is 1. The van der Waals surface area contributed by atoms with Gasteiger partial charge in [-0.15, -0.1) is 0 Å². The normalized spacial score (nSPS) is 44.0. The minimum absolute atomic E-state index is 0.00250. The molecule has 13 nitrogen and oxygen atoms in total. The van der Waals surface area contributed by atoms with Crippen molar-refractivity contribution in [2.75, 3.05) is 27.3 Å². The molecular weight excluding hydrogens is 610 g/mol. The SMILES string of the molecule is C=C1COC2C(C)/C(=N\C(N)=O)C(C)C[C@@](C)(OC1)C(O[C@@H]1O[C@H](C)C[C@H](N(C)C)C1O)[C@@H](C)C(=O)[C@@H](C)C(=O)O[C@@H](CC)[C@@]2(C)O. The van der Waals surface area contributed by atoms with Crippen LogP contribution in [0.5, 0.6) is 0 Å². The lowest BCUT2D eigenvalue weighted by molar-refractivity contribution is -0.296. The van der Waals surface area contributed by atoms with E-state index >= 15 is 0 Å². The zero-order chi connectivity index (χ0) is 35.6. The van der Waals surface area contributed by atoms with Gasteiger partial charge in [0, 0.05) is 23.6 Å². The summed E-state index contributed by atoms with van der Waals surface area (Å²) in [6, 6.07) is -1.21. The predicted octanol–water partition coefficient (Wildman–Crippen LogP) is 2.64. The molecule has 0 spiro atoms. The van der Waals surface area contributed by atoms with E-state index in [1.165, 1.54) is 13.8 Å². The number of hydrogen-bond acceptors (Lipinski definition) is 11. The predicted molar refractivity (Wildman–Crippen MR) is 175 cm³/mol. The highest BCUT2D eigenvalue weighted by atomic mass is 16.7. The first-order valence-electron chi connectivity index (χ1n) is 16.7. The van der Waals surface area contributed by atoms with Gasteiger partial charge in [-0.05, 0) is 72.5 Å². The van der Waals surface area contributed by atoms with Crippen LogP contribution in [0.1, 0.15) is 74.7 Å². The van der Waals surface area contributed by atoms with Crippen LogP contribution in [-0.4, -0.2) is 120 Å². The van der Waals surface area contributed by atoms with E-state index in [4.69, 9.17) is 29.4 Å². The number of Topliss-reactive ketones (excluding diaryl/α,β-unsaturated/α-hetero) is 1. The van der Waals surface area contributed by atoms with Crippen LogP contribution in [0, 0.1) is 23.7 Å². The van der Waals surface area contributed by atoms with Crippen LogP contribution in [0.4, 0.5) is 4.79 Å². The number of esters is 1. The summed E-state index contributed by atoms with van der Waals surface area (Å²) in [5, 5.41) is 23.5. The highest BCUT2D eigenvalue weighted by Gasteiger charge is 2.52. The summed E-state index contributed by atoms with van der Waals surface area (Å²) in [6.07, 6.45) is -4.70. The van der Waals surface area contributed by atoms with Crippen LogP contribution in [0.2, 0.25) is 0 Å². The number of hydrogen-bond donors (Lipinski definition) is 3. The van der Waals surface area contributed by atoms with Gasteiger partial charge in [0.1, 0.15) is 23.7 Å². The minimum Gasteiger partial charge on any atom is -0.459 e. The molecule has 13 heteroatoms. The van der Waals surface area contributed by atoms with Crippen LogP contribution in [0.3, 0.4) is 0 Å². The quantitative estimate of drug-likeness (QED) is 0.228. The molecule has 3 aliphatic rings. The van der Waals surface area contributed by atoms with Gasteiger partial charge in [0.05, 0.1) is 37.1 Å².